The van der Waals surface area contributed by atoms with E-state index in [4.69, 9.17) is 0 Å². The van der Waals surface area contributed by atoms with Crippen molar-refractivity contribution in [1.29, 1.82) is 0 Å². The van der Waals surface area contributed by atoms with Crippen molar-refractivity contribution in [1.82, 2.24) is 0 Å². The molecule has 0 radical (unpaired) electrons. The van der Waals surface area contributed by atoms with Gasteiger partial charge >= 0.3 is 6.18 Å². The molecule has 88 valence electrons. The van der Waals surface area contributed by atoms with Gasteiger partial charge in [0.05, 0.1) is 12.0 Å². The lowest BCUT2D eigenvalue weighted by molar-refractivity contribution is -0.189. The van der Waals surface area contributed by atoms with E-state index in [0.717, 1.165) is 19.3 Å². The molecule has 4 heteroatoms. The summed E-state index contributed by atoms with van der Waals surface area (Å²) in [5.74, 6) is -0.996. The smallest absolute Gasteiger partial charge is 0.391 e. The fourth-order valence-corrected chi connectivity index (χ4v) is 2.66. The number of aliphatic hydroxyl groups excluding tert-OH is 1. The predicted molar refractivity (Wildman–Crippen MR) is 50.2 cm³/mol. The summed E-state index contributed by atoms with van der Waals surface area (Å²) in [5, 5.41) is 9.83. The van der Waals surface area contributed by atoms with Crippen LogP contribution in [0.25, 0.3) is 0 Å². The van der Waals surface area contributed by atoms with Crippen molar-refractivity contribution in [2.45, 2.75) is 50.8 Å². The Morgan fingerprint density at radius 3 is 2.20 bits per heavy atom. The molecule has 3 unspecified atom stereocenters. The number of aliphatic hydroxyl groups is 1. The first-order valence-electron chi connectivity index (χ1n) is 5.73. The lowest BCUT2D eigenvalue weighted by atomic mass is 9.77. The maximum Gasteiger partial charge on any atom is 0.391 e. The van der Waals surface area contributed by atoms with Crippen LogP contribution in [0, 0.1) is 17.8 Å². The number of hydrogen-bond acceptors (Lipinski definition) is 1. The molecule has 15 heavy (non-hydrogen) atoms. The molecule has 0 spiro atoms. The van der Waals surface area contributed by atoms with E-state index in [1.165, 1.54) is 0 Å². The molecule has 0 aromatic rings. The summed E-state index contributed by atoms with van der Waals surface area (Å²) in [7, 11) is 0. The highest BCUT2D eigenvalue weighted by molar-refractivity contribution is 4.89. The Labute approximate surface area is 87.7 Å². The second-order valence-corrected chi connectivity index (χ2v) is 4.99. The van der Waals surface area contributed by atoms with Crippen LogP contribution in [0.4, 0.5) is 13.2 Å². The van der Waals surface area contributed by atoms with Gasteiger partial charge in [-0.1, -0.05) is 6.42 Å². The van der Waals surface area contributed by atoms with Crippen molar-refractivity contribution in [2.24, 2.45) is 17.8 Å². The largest absolute Gasteiger partial charge is 0.393 e. The zero-order valence-electron chi connectivity index (χ0n) is 8.63. The average Bonchev–Trinajstić information content (AvgIpc) is 2.99. The first-order chi connectivity index (χ1) is 6.98. The first kappa shape index (κ1) is 11.2. The van der Waals surface area contributed by atoms with Gasteiger partial charge in [-0.25, -0.2) is 0 Å². The minimum absolute atomic E-state index is 0.113. The molecule has 2 saturated carbocycles. The zero-order valence-corrected chi connectivity index (χ0v) is 8.63. The van der Waals surface area contributed by atoms with Crippen LogP contribution >= 0.6 is 0 Å². The van der Waals surface area contributed by atoms with Crippen LogP contribution in [0.15, 0.2) is 0 Å². The summed E-state index contributed by atoms with van der Waals surface area (Å²) < 4.78 is 37.5. The number of hydrogen-bond donors (Lipinski definition) is 1. The minimum Gasteiger partial charge on any atom is -0.393 e. The van der Waals surface area contributed by atoms with E-state index in [0.29, 0.717) is 12.3 Å². The van der Waals surface area contributed by atoms with Crippen LogP contribution in [0.2, 0.25) is 0 Å². The third kappa shape index (κ3) is 2.65. The third-order valence-corrected chi connectivity index (χ3v) is 3.77. The molecular formula is C11H17F3O. The molecule has 1 N–H and O–H groups in total. The molecular weight excluding hydrogens is 205 g/mol. The number of rotatable bonds is 2. The molecule has 2 aliphatic carbocycles. The molecule has 3 atom stereocenters. The third-order valence-electron chi connectivity index (χ3n) is 3.77. The first-order valence-corrected chi connectivity index (χ1v) is 5.73. The second kappa shape index (κ2) is 3.96. The van der Waals surface area contributed by atoms with Gasteiger partial charge in [-0.3, -0.25) is 0 Å². The molecule has 0 saturated heterocycles. The Balaban J connectivity index is 1.91. The van der Waals surface area contributed by atoms with Crippen molar-refractivity contribution in [2.75, 3.05) is 0 Å². The van der Waals surface area contributed by atoms with Gasteiger partial charge in [0.1, 0.15) is 0 Å². The molecule has 0 bridgehead atoms. The standard InChI is InChI=1S/C11H17F3O/c12-11(13,14)9-3-1-2-8(6-9)10(15)7-4-5-7/h7-10,15H,1-6H2. The Kier molecular flexibility index (Phi) is 2.97. The van der Waals surface area contributed by atoms with Crippen molar-refractivity contribution in [3.8, 4) is 0 Å². The zero-order chi connectivity index (χ0) is 11.1. The summed E-state index contributed by atoms with van der Waals surface area (Å²) in [4.78, 5) is 0. The van der Waals surface area contributed by atoms with E-state index in [9.17, 15) is 18.3 Å². The summed E-state index contributed by atoms with van der Waals surface area (Å²) in [6, 6.07) is 0. The number of halogens is 3. The predicted octanol–water partition coefficient (Wildman–Crippen LogP) is 3.13. The molecule has 0 aromatic heterocycles. The van der Waals surface area contributed by atoms with E-state index in [-0.39, 0.29) is 18.8 Å². The molecule has 0 heterocycles. The summed E-state index contributed by atoms with van der Waals surface area (Å²) >= 11 is 0. The van der Waals surface area contributed by atoms with Crippen LogP contribution in [-0.4, -0.2) is 17.4 Å². The van der Waals surface area contributed by atoms with E-state index in [2.05, 4.69) is 0 Å². The van der Waals surface area contributed by atoms with E-state index >= 15 is 0 Å². The topological polar surface area (TPSA) is 20.2 Å². The minimum atomic E-state index is -4.07. The van der Waals surface area contributed by atoms with Gasteiger partial charge in [0.15, 0.2) is 0 Å². The highest BCUT2D eigenvalue weighted by Gasteiger charge is 2.45. The molecule has 2 rings (SSSR count). The molecule has 2 aliphatic rings. The lowest BCUT2D eigenvalue weighted by Crippen LogP contribution is -2.34. The highest BCUT2D eigenvalue weighted by Crippen LogP contribution is 2.45. The Morgan fingerprint density at radius 1 is 1.00 bits per heavy atom. The van der Waals surface area contributed by atoms with Crippen molar-refractivity contribution >= 4 is 0 Å². The van der Waals surface area contributed by atoms with Crippen molar-refractivity contribution < 1.29 is 18.3 Å². The Morgan fingerprint density at radius 2 is 1.67 bits per heavy atom. The van der Waals surface area contributed by atoms with Gasteiger partial charge in [-0.15, -0.1) is 0 Å². The van der Waals surface area contributed by atoms with E-state index < -0.39 is 18.2 Å². The average molecular weight is 222 g/mol. The van der Waals surface area contributed by atoms with Crippen LogP contribution in [0.3, 0.4) is 0 Å². The Hall–Kier alpha value is -0.250. The van der Waals surface area contributed by atoms with E-state index in [1.54, 1.807) is 0 Å². The second-order valence-electron chi connectivity index (χ2n) is 4.99. The van der Waals surface area contributed by atoms with Crippen LogP contribution < -0.4 is 0 Å². The van der Waals surface area contributed by atoms with Crippen molar-refractivity contribution in [3.05, 3.63) is 0 Å². The normalized spacial score (nSPS) is 35.2. The van der Waals surface area contributed by atoms with E-state index in [1.807, 2.05) is 0 Å². The summed E-state index contributed by atoms with van der Waals surface area (Å²) in [5.41, 5.74) is 0. The highest BCUT2D eigenvalue weighted by atomic mass is 19.4. The molecule has 1 nitrogen and oxygen atoms in total. The number of alkyl halides is 3. The summed E-state index contributed by atoms with van der Waals surface area (Å²) in [6.45, 7) is 0. The maximum absolute atomic E-state index is 12.5. The molecule has 2 fully saturated rings. The lowest BCUT2D eigenvalue weighted by Gasteiger charge is -2.33. The quantitative estimate of drug-likeness (QED) is 0.761. The molecule has 0 aromatic carbocycles. The van der Waals surface area contributed by atoms with Crippen LogP contribution in [0.1, 0.15) is 38.5 Å². The fourth-order valence-electron chi connectivity index (χ4n) is 2.66. The molecule has 0 amide bonds. The van der Waals surface area contributed by atoms with Crippen LogP contribution in [-0.2, 0) is 0 Å². The maximum atomic E-state index is 12.5. The van der Waals surface area contributed by atoms with Gasteiger partial charge in [0.25, 0.3) is 0 Å². The van der Waals surface area contributed by atoms with Gasteiger partial charge in [-0.05, 0) is 43.9 Å². The van der Waals surface area contributed by atoms with Crippen LogP contribution in [0.5, 0.6) is 0 Å². The van der Waals surface area contributed by atoms with Gasteiger partial charge in [0, 0.05) is 0 Å². The summed E-state index contributed by atoms with van der Waals surface area (Å²) in [6.07, 6.45) is -0.790. The van der Waals surface area contributed by atoms with Gasteiger partial charge in [-0.2, -0.15) is 13.2 Å². The van der Waals surface area contributed by atoms with Gasteiger partial charge in [0.2, 0.25) is 0 Å². The monoisotopic (exact) mass is 222 g/mol. The van der Waals surface area contributed by atoms with Gasteiger partial charge < -0.3 is 5.11 Å². The SMILES string of the molecule is OC(C1CC1)C1CCCC(C(F)(F)F)C1. The fraction of sp³-hybridized carbons (Fsp3) is 1.00. The van der Waals surface area contributed by atoms with Crippen molar-refractivity contribution in [3.63, 3.8) is 0 Å². The molecule has 0 aliphatic heterocycles. The Bertz CT molecular complexity index is 222.